The maximum absolute atomic E-state index is 13.1. The van der Waals surface area contributed by atoms with Crippen LogP contribution >= 0.6 is 0 Å². The molecule has 1 aromatic carbocycles. The summed E-state index contributed by atoms with van der Waals surface area (Å²) in [4.78, 5) is 43.3. The third-order valence-electron chi connectivity index (χ3n) is 6.80. The Bertz CT molecular complexity index is 783. The summed E-state index contributed by atoms with van der Waals surface area (Å²) < 4.78 is 13.1. The van der Waals surface area contributed by atoms with Gasteiger partial charge in [-0.25, -0.2) is 4.39 Å². The van der Waals surface area contributed by atoms with Crippen LogP contribution in [0.15, 0.2) is 24.3 Å². The molecule has 30 heavy (non-hydrogen) atoms. The number of nitrogens with zero attached hydrogens (tertiary/aromatic N) is 3. The quantitative estimate of drug-likeness (QED) is 0.710. The summed E-state index contributed by atoms with van der Waals surface area (Å²) >= 11 is 0. The highest BCUT2D eigenvalue weighted by molar-refractivity contribution is 6.35. The Morgan fingerprint density at radius 1 is 0.867 bits per heavy atom. The predicted octanol–water partition coefficient (Wildman–Crippen LogP) is 2.57. The van der Waals surface area contributed by atoms with Crippen molar-refractivity contribution in [2.75, 3.05) is 26.2 Å². The molecule has 2 aliphatic heterocycles. The summed E-state index contributed by atoms with van der Waals surface area (Å²) in [5.74, 6) is -0.820. The van der Waals surface area contributed by atoms with Gasteiger partial charge in [-0.15, -0.1) is 0 Å². The molecule has 0 spiro atoms. The number of hydrogen-bond donors (Lipinski definition) is 0. The molecule has 162 valence electrons. The van der Waals surface area contributed by atoms with Crippen LogP contribution in [0.5, 0.6) is 0 Å². The summed E-state index contributed by atoms with van der Waals surface area (Å²) in [5.41, 5.74) is 0.806. The van der Waals surface area contributed by atoms with Crippen molar-refractivity contribution in [3.63, 3.8) is 0 Å². The fourth-order valence-electron chi connectivity index (χ4n) is 5.00. The first-order valence-electron chi connectivity index (χ1n) is 11.2. The van der Waals surface area contributed by atoms with E-state index in [0.717, 1.165) is 44.1 Å². The number of halogens is 1. The number of carbonyl (C=O) groups is 3. The Hall–Kier alpha value is -2.44. The molecular weight excluding hydrogens is 385 g/mol. The molecule has 2 heterocycles. The van der Waals surface area contributed by atoms with E-state index in [9.17, 15) is 18.8 Å². The average Bonchev–Trinajstić information content (AvgIpc) is 2.79. The van der Waals surface area contributed by atoms with Gasteiger partial charge in [-0.3, -0.25) is 14.4 Å². The molecule has 3 aliphatic rings. The normalized spacial score (nSPS) is 22.0. The molecule has 0 aromatic heterocycles. The second kappa shape index (κ2) is 9.14. The number of carbonyl (C=O) groups excluding carboxylic acids is 3. The fraction of sp³-hybridized carbons (Fsp3) is 0.609. The Balaban J connectivity index is 1.29. The molecule has 1 aliphatic carbocycles. The minimum atomic E-state index is -0.494. The van der Waals surface area contributed by atoms with E-state index in [0.29, 0.717) is 32.7 Å². The zero-order valence-electron chi connectivity index (χ0n) is 17.4. The van der Waals surface area contributed by atoms with Crippen LogP contribution in [0.3, 0.4) is 0 Å². The van der Waals surface area contributed by atoms with Gasteiger partial charge >= 0.3 is 11.8 Å². The second-order valence-electron chi connectivity index (χ2n) is 8.74. The fourth-order valence-corrected chi connectivity index (χ4v) is 5.00. The molecule has 3 fully saturated rings. The number of piperidine rings is 1. The van der Waals surface area contributed by atoms with Crippen molar-refractivity contribution < 1.29 is 18.8 Å². The molecule has 3 amide bonds. The van der Waals surface area contributed by atoms with E-state index >= 15 is 0 Å². The van der Waals surface area contributed by atoms with Gasteiger partial charge in [0.25, 0.3) is 0 Å². The Labute approximate surface area is 177 Å². The number of piperazine rings is 1. The van der Waals surface area contributed by atoms with Crippen LogP contribution in [0, 0.1) is 11.7 Å². The zero-order chi connectivity index (χ0) is 21.1. The Morgan fingerprint density at radius 3 is 2.20 bits per heavy atom. The van der Waals surface area contributed by atoms with E-state index in [2.05, 4.69) is 0 Å². The minimum Gasteiger partial charge on any atom is -0.342 e. The van der Waals surface area contributed by atoms with Crippen molar-refractivity contribution in [2.24, 2.45) is 5.92 Å². The third-order valence-corrected chi connectivity index (χ3v) is 6.80. The van der Waals surface area contributed by atoms with Gasteiger partial charge in [0.2, 0.25) is 5.91 Å². The van der Waals surface area contributed by atoms with Crippen molar-refractivity contribution in [1.82, 2.24) is 14.7 Å². The highest BCUT2D eigenvalue weighted by Crippen LogP contribution is 2.28. The Kier molecular flexibility index (Phi) is 6.35. The SMILES string of the molecule is O=C1C(=O)N(C2CCN(C(=O)C3CCCCC3)CC2)CCN1Cc1ccc(F)cc1. The van der Waals surface area contributed by atoms with Gasteiger partial charge in [-0.05, 0) is 43.4 Å². The number of amides is 3. The molecule has 1 aromatic rings. The van der Waals surface area contributed by atoms with E-state index in [1.165, 1.54) is 23.5 Å². The van der Waals surface area contributed by atoms with Crippen LogP contribution in [0.4, 0.5) is 4.39 Å². The van der Waals surface area contributed by atoms with Gasteiger partial charge in [0.05, 0.1) is 0 Å². The van der Waals surface area contributed by atoms with Crippen molar-refractivity contribution in [1.29, 1.82) is 0 Å². The highest BCUT2D eigenvalue weighted by Gasteiger charge is 2.38. The predicted molar refractivity (Wildman–Crippen MR) is 110 cm³/mol. The van der Waals surface area contributed by atoms with Crippen LogP contribution in [0.1, 0.15) is 50.5 Å². The summed E-state index contributed by atoms with van der Waals surface area (Å²) in [6.45, 7) is 2.62. The van der Waals surface area contributed by atoms with Crippen molar-refractivity contribution in [3.05, 3.63) is 35.6 Å². The van der Waals surface area contributed by atoms with Crippen molar-refractivity contribution in [3.8, 4) is 0 Å². The van der Waals surface area contributed by atoms with E-state index < -0.39 is 11.8 Å². The van der Waals surface area contributed by atoms with Crippen LogP contribution in [-0.2, 0) is 20.9 Å². The minimum absolute atomic E-state index is 0.0184. The molecule has 0 atom stereocenters. The molecule has 0 bridgehead atoms. The maximum Gasteiger partial charge on any atom is 0.312 e. The topological polar surface area (TPSA) is 60.9 Å². The first-order chi connectivity index (χ1) is 14.5. The lowest BCUT2D eigenvalue weighted by molar-refractivity contribution is -0.159. The molecule has 4 rings (SSSR count). The molecule has 0 N–H and O–H groups in total. The second-order valence-corrected chi connectivity index (χ2v) is 8.74. The Morgan fingerprint density at radius 2 is 1.53 bits per heavy atom. The number of hydrogen-bond acceptors (Lipinski definition) is 3. The van der Waals surface area contributed by atoms with Gasteiger partial charge in [0.15, 0.2) is 0 Å². The first kappa shape index (κ1) is 20.8. The monoisotopic (exact) mass is 415 g/mol. The van der Waals surface area contributed by atoms with Gasteiger partial charge in [0.1, 0.15) is 5.82 Å². The van der Waals surface area contributed by atoms with Crippen LogP contribution < -0.4 is 0 Å². The molecule has 0 radical (unpaired) electrons. The molecule has 0 unspecified atom stereocenters. The largest absolute Gasteiger partial charge is 0.342 e. The van der Waals surface area contributed by atoms with E-state index in [1.54, 1.807) is 17.0 Å². The smallest absolute Gasteiger partial charge is 0.312 e. The molecule has 6 nitrogen and oxygen atoms in total. The lowest BCUT2D eigenvalue weighted by Crippen LogP contribution is -2.59. The molecular formula is C23H30FN3O3. The van der Waals surface area contributed by atoms with Crippen LogP contribution in [0.2, 0.25) is 0 Å². The van der Waals surface area contributed by atoms with E-state index in [1.807, 2.05) is 4.90 Å². The van der Waals surface area contributed by atoms with Gasteiger partial charge < -0.3 is 14.7 Å². The summed E-state index contributed by atoms with van der Waals surface area (Å²) in [6.07, 6.45) is 6.99. The first-order valence-corrected chi connectivity index (χ1v) is 11.2. The van der Waals surface area contributed by atoms with Crippen LogP contribution in [-0.4, -0.2) is 64.6 Å². The molecule has 2 saturated heterocycles. The van der Waals surface area contributed by atoms with E-state index in [-0.39, 0.29) is 23.7 Å². The van der Waals surface area contributed by atoms with E-state index in [4.69, 9.17) is 0 Å². The van der Waals surface area contributed by atoms with Crippen molar-refractivity contribution >= 4 is 17.7 Å². The van der Waals surface area contributed by atoms with Gasteiger partial charge in [-0.1, -0.05) is 31.4 Å². The molecule has 1 saturated carbocycles. The van der Waals surface area contributed by atoms with Crippen molar-refractivity contribution in [2.45, 2.75) is 57.5 Å². The lowest BCUT2D eigenvalue weighted by Gasteiger charge is -2.42. The zero-order valence-corrected chi connectivity index (χ0v) is 17.4. The summed E-state index contributed by atoms with van der Waals surface area (Å²) in [6, 6.07) is 6.02. The average molecular weight is 416 g/mol. The highest BCUT2D eigenvalue weighted by atomic mass is 19.1. The third kappa shape index (κ3) is 4.50. The number of likely N-dealkylation sites (tertiary alicyclic amines) is 1. The number of benzene rings is 1. The summed E-state index contributed by atoms with van der Waals surface area (Å²) in [7, 11) is 0. The maximum atomic E-state index is 13.1. The number of rotatable bonds is 4. The lowest BCUT2D eigenvalue weighted by atomic mass is 9.87. The van der Waals surface area contributed by atoms with Gasteiger partial charge in [0, 0.05) is 44.7 Å². The summed E-state index contributed by atoms with van der Waals surface area (Å²) in [5, 5.41) is 0. The standard InChI is InChI=1S/C23H30FN3O3/c24-19-8-6-17(7-9-19)16-26-14-15-27(23(30)22(26)29)20-10-12-25(13-11-20)21(28)18-4-2-1-3-5-18/h6-9,18,20H,1-5,10-16H2. The molecule has 7 heteroatoms. The van der Waals surface area contributed by atoms with Gasteiger partial charge in [-0.2, -0.15) is 0 Å². The van der Waals surface area contributed by atoms with Crippen LogP contribution in [0.25, 0.3) is 0 Å².